The fourth-order valence-corrected chi connectivity index (χ4v) is 0.912. The molecule has 0 aliphatic heterocycles. The summed E-state index contributed by atoms with van der Waals surface area (Å²) in [6.45, 7) is 5.67. The lowest BCUT2D eigenvalue weighted by atomic mass is 10.2. The Labute approximate surface area is 90.5 Å². The number of nitrogens with one attached hydrogen (secondary N) is 1. The molecule has 88 valence electrons. The monoisotopic (exact) mass is 216 g/mol. The molecule has 0 fully saturated rings. The largest absolute Gasteiger partial charge is 0.480 e. The van der Waals surface area contributed by atoms with Crippen LogP contribution in [0.25, 0.3) is 0 Å². The highest BCUT2D eigenvalue weighted by atomic mass is 16.4. The first-order valence-corrected chi connectivity index (χ1v) is 5.12. The molecule has 0 aromatic heterocycles. The Morgan fingerprint density at radius 1 is 1.40 bits per heavy atom. The molecule has 5 heteroatoms. The van der Waals surface area contributed by atoms with E-state index in [0.717, 1.165) is 6.42 Å². The number of carboxylic acid groups (broad SMARTS) is 1. The molecule has 0 aliphatic carbocycles. The summed E-state index contributed by atoms with van der Waals surface area (Å²) < 4.78 is 0. The highest BCUT2D eigenvalue weighted by Gasteiger charge is 2.21. The van der Waals surface area contributed by atoms with E-state index in [1.54, 1.807) is 0 Å². The number of hydrogen-bond donors (Lipinski definition) is 2. The molecular weight excluding hydrogens is 196 g/mol. The lowest BCUT2D eigenvalue weighted by Crippen LogP contribution is -2.45. The third-order valence-corrected chi connectivity index (χ3v) is 2.55. The van der Waals surface area contributed by atoms with Crippen LogP contribution >= 0.6 is 0 Å². The highest BCUT2D eigenvalue weighted by Crippen LogP contribution is 1.96. The van der Waals surface area contributed by atoms with Gasteiger partial charge in [-0.15, -0.1) is 0 Å². The van der Waals surface area contributed by atoms with E-state index in [1.165, 1.54) is 18.9 Å². The second-order valence-electron chi connectivity index (χ2n) is 3.71. The van der Waals surface area contributed by atoms with Gasteiger partial charge in [-0.1, -0.05) is 6.92 Å². The van der Waals surface area contributed by atoms with Crippen LogP contribution in [-0.2, 0) is 9.59 Å². The first kappa shape index (κ1) is 13.9. The van der Waals surface area contributed by atoms with Gasteiger partial charge in [0.1, 0.15) is 6.04 Å². The Morgan fingerprint density at radius 3 is 2.33 bits per heavy atom. The Kier molecular flexibility index (Phi) is 5.93. The number of nitrogens with zero attached hydrogens (tertiary/aromatic N) is 1. The lowest BCUT2D eigenvalue weighted by Gasteiger charge is -2.22. The van der Waals surface area contributed by atoms with Crippen molar-refractivity contribution in [3.8, 4) is 0 Å². The number of carbonyl (C=O) groups is 2. The Balaban J connectivity index is 4.05. The van der Waals surface area contributed by atoms with Gasteiger partial charge >= 0.3 is 5.97 Å². The molecular formula is C10H20N2O3. The molecule has 0 saturated carbocycles. The topological polar surface area (TPSA) is 69.6 Å². The minimum Gasteiger partial charge on any atom is -0.480 e. The second kappa shape index (κ2) is 6.40. The predicted molar refractivity (Wildman–Crippen MR) is 57.6 cm³/mol. The van der Waals surface area contributed by atoms with Crippen LogP contribution in [0.2, 0.25) is 0 Å². The lowest BCUT2D eigenvalue weighted by molar-refractivity contribution is -0.147. The minimum atomic E-state index is -0.991. The summed E-state index contributed by atoms with van der Waals surface area (Å²) in [5.41, 5.74) is 0. The van der Waals surface area contributed by atoms with Gasteiger partial charge in [-0.05, 0) is 20.3 Å². The number of rotatable bonds is 6. The number of carbonyl (C=O) groups excluding carboxylic acids is 1. The van der Waals surface area contributed by atoms with E-state index in [-0.39, 0.29) is 18.5 Å². The summed E-state index contributed by atoms with van der Waals surface area (Å²) in [5, 5.41) is 11.7. The Bertz CT molecular complexity index is 231. The van der Waals surface area contributed by atoms with Gasteiger partial charge in [-0.25, -0.2) is 4.79 Å². The van der Waals surface area contributed by atoms with Crippen LogP contribution in [-0.4, -0.2) is 47.6 Å². The average molecular weight is 216 g/mol. The van der Waals surface area contributed by atoms with Gasteiger partial charge in [0.25, 0.3) is 0 Å². The smallest absolute Gasteiger partial charge is 0.326 e. The van der Waals surface area contributed by atoms with Crippen molar-refractivity contribution in [1.29, 1.82) is 0 Å². The third kappa shape index (κ3) is 4.78. The summed E-state index contributed by atoms with van der Waals surface area (Å²) >= 11 is 0. The van der Waals surface area contributed by atoms with Crippen molar-refractivity contribution in [3.05, 3.63) is 0 Å². The van der Waals surface area contributed by atoms with Crippen molar-refractivity contribution in [3.63, 3.8) is 0 Å². The summed E-state index contributed by atoms with van der Waals surface area (Å²) in [6.07, 6.45) is 0.936. The Morgan fingerprint density at radius 2 is 1.93 bits per heavy atom. The van der Waals surface area contributed by atoms with Gasteiger partial charge in [-0.3, -0.25) is 4.79 Å². The molecule has 0 bridgehead atoms. The van der Waals surface area contributed by atoms with Crippen LogP contribution in [0.1, 0.15) is 27.2 Å². The van der Waals surface area contributed by atoms with Crippen LogP contribution in [0.3, 0.4) is 0 Å². The summed E-state index contributed by atoms with van der Waals surface area (Å²) in [7, 11) is 1.50. The maximum atomic E-state index is 11.5. The number of aliphatic carboxylic acids is 1. The maximum Gasteiger partial charge on any atom is 0.326 e. The van der Waals surface area contributed by atoms with E-state index in [4.69, 9.17) is 5.11 Å². The summed E-state index contributed by atoms with van der Waals surface area (Å²) in [6, 6.07) is -0.515. The third-order valence-electron chi connectivity index (χ3n) is 2.55. The fraction of sp³-hybridized carbons (Fsp3) is 0.800. The molecule has 0 aliphatic rings. The molecule has 0 heterocycles. The van der Waals surface area contributed by atoms with Crippen LogP contribution in [0, 0.1) is 0 Å². The highest BCUT2D eigenvalue weighted by molar-refractivity contribution is 5.84. The molecule has 5 nitrogen and oxygen atoms in total. The van der Waals surface area contributed by atoms with Crippen molar-refractivity contribution >= 4 is 11.9 Å². The quantitative estimate of drug-likeness (QED) is 0.670. The van der Waals surface area contributed by atoms with Crippen LogP contribution in [0.15, 0.2) is 0 Å². The molecule has 0 rings (SSSR count). The van der Waals surface area contributed by atoms with Gasteiger partial charge in [0.15, 0.2) is 0 Å². The van der Waals surface area contributed by atoms with Crippen molar-refractivity contribution < 1.29 is 14.7 Å². The van der Waals surface area contributed by atoms with E-state index in [9.17, 15) is 9.59 Å². The van der Waals surface area contributed by atoms with Gasteiger partial charge in [0.2, 0.25) is 5.91 Å². The number of amides is 1. The minimum absolute atomic E-state index is 0.184. The van der Waals surface area contributed by atoms with E-state index >= 15 is 0 Å². The first-order valence-electron chi connectivity index (χ1n) is 5.12. The van der Waals surface area contributed by atoms with E-state index in [1.807, 2.05) is 13.8 Å². The van der Waals surface area contributed by atoms with E-state index in [0.29, 0.717) is 0 Å². The zero-order chi connectivity index (χ0) is 12.0. The SMILES string of the molecule is CCC(C)NCC(=O)N(C)C(C)C(=O)O. The molecule has 2 atom stereocenters. The zero-order valence-corrected chi connectivity index (χ0v) is 9.78. The molecule has 2 N–H and O–H groups in total. The molecule has 0 spiro atoms. The number of hydrogen-bond acceptors (Lipinski definition) is 3. The van der Waals surface area contributed by atoms with Crippen LogP contribution in [0.5, 0.6) is 0 Å². The van der Waals surface area contributed by atoms with Crippen LogP contribution in [0.4, 0.5) is 0 Å². The van der Waals surface area contributed by atoms with Crippen molar-refractivity contribution in [2.24, 2.45) is 0 Å². The number of carboxylic acids is 1. The van der Waals surface area contributed by atoms with Crippen LogP contribution < -0.4 is 5.32 Å². The van der Waals surface area contributed by atoms with Gasteiger partial charge in [0, 0.05) is 13.1 Å². The van der Waals surface area contributed by atoms with E-state index in [2.05, 4.69) is 5.32 Å². The standard InChI is InChI=1S/C10H20N2O3/c1-5-7(2)11-6-9(13)12(4)8(3)10(14)15/h7-8,11H,5-6H2,1-4H3,(H,14,15). The van der Waals surface area contributed by atoms with Gasteiger partial charge < -0.3 is 15.3 Å². The van der Waals surface area contributed by atoms with E-state index < -0.39 is 12.0 Å². The zero-order valence-electron chi connectivity index (χ0n) is 9.78. The molecule has 1 amide bonds. The predicted octanol–water partition coefficient (Wildman–Crippen LogP) is 0.306. The van der Waals surface area contributed by atoms with Crippen molar-refractivity contribution in [2.75, 3.05) is 13.6 Å². The second-order valence-corrected chi connectivity index (χ2v) is 3.71. The van der Waals surface area contributed by atoms with Gasteiger partial charge in [-0.2, -0.15) is 0 Å². The average Bonchev–Trinajstić information content (AvgIpc) is 2.22. The first-order chi connectivity index (χ1) is 6.90. The Hall–Kier alpha value is -1.10. The number of likely N-dealkylation sites (N-methyl/N-ethyl adjacent to an activating group) is 1. The normalized spacial score (nSPS) is 14.4. The molecule has 0 radical (unpaired) electrons. The molecule has 15 heavy (non-hydrogen) atoms. The molecule has 0 aromatic rings. The molecule has 2 unspecified atom stereocenters. The fourth-order valence-electron chi connectivity index (χ4n) is 0.912. The van der Waals surface area contributed by atoms with Crippen molar-refractivity contribution in [1.82, 2.24) is 10.2 Å². The maximum absolute atomic E-state index is 11.5. The summed E-state index contributed by atoms with van der Waals surface area (Å²) in [4.78, 5) is 23.4. The van der Waals surface area contributed by atoms with Gasteiger partial charge in [0.05, 0.1) is 6.54 Å². The molecule has 0 saturated heterocycles. The van der Waals surface area contributed by atoms with Crippen molar-refractivity contribution in [2.45, 2.75) is 39.3 Å². The summed E-state index contributed by atoms with van der Waals surface area (Å²) in [5.74, 6) is -1.19. The molecule has 0 aromatic carbocycles.